The van der Waals surface area contributed by atoms with Crippen LogP contribution in [-0.2, 0) is 0 Å². The zero-order valence-corrected chi connectivity index (χ0v) is 12.8. The molecule has 0 spiro atoms. The molecule has 0 radical (unpaired) electrons. The molecule has 0 saturated carbocycles. The maximum atomic E-state index is 12.9. The SMILES string of the molecule is CC(C)C1Oc2ccc(Cl)cc2C(=O)C1c1ccccc1. The number of hydrogen-bond acceptors (Lipinski definition) is 2. The van der Waals surface area contributed by atoms with Gasteiger partial charge in [0, 0.05) is 5.02 Å². The van der Waals surface area contributed by atoms with E-state index in [9.17, 15) is 4.79 Å². The van der Waals surface area contributed by atoms with Crippen LogP contribution in [-0.4, -0.2) is 11.9 Å². The Morgan fingerprint density at radius 1 is 1.10 bits per heavy atom. The highest BCUT2D eigenvalue weighted by atomic mass is 35.5. The Hall–Kier alpha value is -1.80. The molecule has 0 aromatic heterocycles. The standard InChI is InChI=1S/C18H17ClO2/c1-11(2)18-16(12-6-4-3-5-7-12)17(20)14-10-13(19)8-9-15(14)21-18/h3-11,16,18H,1-2H3. The number of halogens is 1. The fraction of sp³-hybridized carbons (Fsp3) is 0.278. The van der Waals surface area contributed by atoms with E-state index < -0.39 is 0 Å². The first-order valence-corrected chi connectivity index (χ1v) is 7.51. The quantitative estimate of drug-likeness (QED) is 0.802. The second-order valence-electron chi connectivity index (χ2n) is 5.72. The van der Waals surface area contributed by atoms with Crippen LogP contribution in [0, 0.1) is 5.92 Å². The predicted octanol–water partition coefficient (Wildman–Crippen LogP) is 4.72. The van der Waals surface area contributed by atoms with Gasteiger partial charge in [-0.3, -0.25) is 4.79 Å². The topological polar surface area (TPSA) is 26.3 Å². The van der Waals surface area contributed by atoms with E-state index in [-0.39, 0.29) is 23.7 Å². The van der Waals surface area contributed by atoms with E-state index in [2.05, 4.69) is 13.8 Å². The summed E-state index contributed by atoms with van der Waals surface area (Å²) in [5.41, 5.74) is 1.57. The summed E-state index contributed by atoms with van der Waals surface area (Å²) in [7, 11) is 0. The summed E-state index contributed by atoms with van der Waals surface area (Å²) in [5, 5.41) is 0.556. The Morgan fingerprint density at radius 3 is 2.48 bits per heavy atom. The van der Waals surface area contributed by atoms with Crippen molar-refractivity contribution in [3.63, 3.8) is 0 Å². The van der Waals surface area contributed by atoms with Gasteiger partial charge >= 0.3 is 0 Å². The van der Waals surface area contributed by atoms with Gasteiger partial charge in [0.2, 0.25) is 0 Å². The zero-order chi connectivity index (χ0) is 15.0. The van der Waals surface area contributed by atoms with E-state index in [1.54, 1.807) is 18.2 Å². The summed E-state index contributed by atoms with van der Waals surface area (Å²) in [6.07, 6.45) is -0.159. The van der Waals surface area contributed by atoms with Crippen molar-refractivity contribution >= 4 is 17.4 Å². The number of ether oxygens (including phenoxy) is 1. The fourth-order valence-electron chi connectivity index (χ4n) is 2.85. The highest BCUT2D eigenvalue weighted by Gasteiger charge is 2.39. The van der Waals surface area contributed by atoms with Crippen LogP contribution >= 0.6 is 11.6 Å². The van der Waals surface area contributed by atoms with E-state index in [0.717, 1.165) is 5.56 Å². The number of carbonyl (C=O) groups is 1. The number of rotatable bonds is 2. The molecule has 2 aromatic carbocycles. The molecule has 0 amide bonds. The number of Topliss-reactive ketones (excluding diaryl/α,β-unsaturated/α-hetero) is 1. The van der Waals surface area contributed by atoms with Crippen molar-refractivity contribution in [2.45, 2.75) is 25.9 Å². The second kappa shape index (κ2) is 5.53. The van der Waals surface area contributed by atoms with E-state index in [1.807, 2.05) is 30.3 Å². The summed E-state index contributed by atoms with van der Waals surface area (Å²) in [4.78, 5) is 12.9. The average molecular weight is 301 g/mol. The molecule has 2 atom stereocenters. The van der Waals surface area contributed by atoms with Gasteiger partial charge in [0.05, 0.1) is 11.5 Å². The number of fused-ring (bicyclic) bond motifs is 1. The molecule has 0 saturated heterocycles. The molecule has 2 aromatic rings. The van der Waals surface area contributed by atoms with Crippen LogP contribution in [0.4, 0.5) is 0 Å². The Labute approximate surface area is 129 Å². The highest BCUT2D eigenvalue weighted by Crippen LogP contribution is 2.39. The van der Waals surface area contributed by atoms with Crippen LogP contribution in [0.3, 0.4) is 0 Å². The van der Waals surface area contributed by atoms with E-state index in [0.29, 0.717) is 16.3 Å². The molecule has 1 aliphatic rings. The van der Waals surface area contributed by atoms with Gasteiger partial charge in [-0.15, -0.1) is 0 Å². The van der Waals surface area contributed by atoms with Gasteiger partial charge in [0.25, 0.3) is 0 Å². The van der Waals surface area contributed by atoms with Crippen LogP contribution in [0.5, 0.6) is 5.75 Å². The van der Waals surface area contributed by atoms with Crippen molar-refractivity contribution in [1.82, 2.24) is 0 Å². The minimum Gasteiger partial charge on any atom is -0.488 e. The van der Waals surface area contributed by atoms with E-state index in [1.165, 1.54) is 0 Å². The molecule has 108 valence electrons. The number of carbonyl (C=O) groups excluding carboxylic acids is 1. The maximum absolute atomic E-state index is 12.9. The van der Waals surface area contributed by atoms with Gasteiger partial charge in [-0.05, 0) is 29.7 Å². The lowest BCUT2D eigenvalue weighted by Crippen LogP contribution is -2.39. The molecule has 0 fully saturated rings. The number of hydrogen-bond donors (Lipinski definition) is 0. The summed E-state index contributed by atoms with van der Waals surface area (Å²) in [5.74, 6) is 0.680. The van der Waals surface area contributed by atoms with Crippen LogP contribution in [0.2, 0.25) is 5.02 Å². The van der Waals surface area contributed by atoms with Gasteiger partial charge in [-0.25, -0.2) is 0 Å². The molecule has 0 N–H and O–H groups in total. The average Bonchev–Trinajstić information content (AvgIpc) is 2.48. The molecule has 3 rings (SSSR count). The summed E-state index contributed by atoms with van der Waals surface area (Å²) >= 11 is 6.03. The zero-order valence-electron chi connectivity index (χ0n) is 12.0. The minimum atomic E-state index is -0.280. The van der Waals surface area contributed by atoms with Gasteiger partial charge in [0.15, 0.2) is 5.78 Å². The third-order valence-corrected chi connectivity index (χ3v) is 4.13. The predicted molar refractivity (Wildman–Crippen MR) is 84.2 cm³/mol. The van der Waals surface area contributed by atoms with Crippen LogP contribution in [0.25, 0.3) is 0 Å². The molecule has 1 aliphatic heterocycles. The largest absolute Gasteiger partial charge is 0.488 e. The van der Waals surface area contributed by atoms with Gasteiger partial charge in [-0.2, -0.15) is 0 Å². The highest BCUT2D eigenvalue weighted by molar-refractivity contribution is 6.31. The molecular formula is C18H17ClO2. The van der Waals surface area contributed by atoms with Crippen molar-refractivity contribution in [3.8, 4) is 5.75 Å². The van der Waals surface area contributed by atoms with Crippen molar-refractivity contribution in [2.75, 3.05) is 0 Å². The Bertz CT molecular complexity index is 664. The van der Waals surface area contributed by atoms with Gasteiger partial charge < -0.3 is 4.74 Å². The summed E-state index contributed by atoms with van der Waals surface area (Å²) in [6, 6.07) is 15.1. The van der Waals surface area contributed by atoms with Crippen LogP contribution in [0.1, 0.15) is 35.7 Å². The molecule has 3 heteroatoms. The van der Waals surface area contributed by atoms with Crippen molar-refractivity contribution < 1.29 is 9.53 Å². The monoisotopic (exact) mass is 300 g/mol. The molecule has 2 nitrogen and oxygen atoms in total. The first kappa shape index (κ1) is 14.2. The Kier molecular flexibility index (Phi) is 3.73. The normalized spacial score (nSPS) is 21.0. The van der Waals surface area contributed by atoms with Crippen molar-refractivity contribution in [1.29, 1.82) is 0 Å². The molecule has 1 heterocycles. The third kappa shape index (κ3) is 2.56. The lowest BCUT2D eigenvalue weighted by Gasteiger charge is -2.35. The molecule has 0 aliphatic carbocycles. The summed E-state index contributed by atoms with van der Waals surface area (Å²) in [6.45, 7) is 4.16. The lowest BCUT2D eigenvalue weighted by molar-refractivity contribution is 0.0679. The van der Waals surface area contributed by atoms with Gasteiger partial charge in [0.1, 0.15) is 11.9 Å². The lowest BCUT2D eigenvalue weighted by atomic mass is 9.80. The molecule has 2 unspecified atom stereocenters. The number of ketones is 1. The molecular weight excluding hydrogens is 284 g/mol. The number of benzene rings is 2. The van der Waals surface area contributed by atoms with Crippen LogP contribution < -0.4 is 4.74 Å². The molecule has 21 heavy (non-hydrogen) atoms. The van der Waals surface area contributed by atoms with E-state index in [4.69, 9.17) is 16.3 Å². The van der Waals surface area contributed by atoms with E-state index >= 15 is 0 Å². The smallest absolute Gasteiger partial charge is 0.177 e. The maximum Gasteiger partial charge on any atom is 0.177 e. The second-order valence-corrected chi connectivity index (χ2v) is 6.16. The van der Waals surface area contributed by atoms with Crippen molar-refractivity contribution in [2.24, 2.45) is 5.92 Å². The first-order chi connectivity index (χ1) is 10.1. The summed E-state index contributed by atoms with van der Waals surface area (Å²) < 4.78 is 6.11. The Balaban J connectivity index is 2.11. The van der Waals surface area contributed by atoms with Gasteiger partial charge in [-0.1, -0.05) is 55.8 Å². The third-order valence-electron chi connectivity index (χ3n) is 3.90. The molecule has 0 bridgehead atoms. The minimum absolute atomic E-state index is 0.0867. The first-order valence-electron chi connectivity index (χ1n) is 7.13. The van der Waals surface area contributed by atoms with Crippen LogP contribution in [0.15, 0.2) is 48.5 Å². The fourth-order valence-corrected chi connectivity index (χ4v) is 3.02. The Morgan fingerprint density at radius 2 is 1.81 bits per heavy atom. The van der Waals surface area contributed by atoms with Crippen molar-refractivity contribution in [3.05, 3.63) is 64.7 Å².